The fourth-order valence-electron chi connectivity index (χ4n) is 2.25. The van der Waals surface area contributed by atoms with Crippen LogP contribution < -0.4 is 10.6 Å². The van der Waals surface area contributed by atoms with Crippen LogP contribution in [0.15, 0.2) is 54.6 Å². The number of aliphatic hydroxyl groups excluding tert-OH is 1. The van der Waals surface area contributed by atoms with Gasteiger partial charge in [-0.25, -0.2) is 4.39 Å². The number of carbonyl (C=O) groups is 2. The predicted molar refractivity (Wildman–Crippen MR) is 88.7 cm³/mol. The maximum atomic E-state index is 13.1. The highest BCUT2D eigenvalue weighted by Gasteiger charge is 2.19. The summed E-state index contributed by atoms with van der Waals surface area (Å²) in [6, 6.07) is 13.9. The molecule has 0 spiro atoms. The third-order valence-corrected chi connectivity index (χ3v) is 3.43. The number of carbonyl (C=O) groups excluding carboxylic acids is 2. The minimum atomic E-state index is -0.887. The molecule has 0 radical (unpaired) electrons. The lowest BCUT2D eigenvalue weighted by atomic mass is 10.0. The lowest BCUT2D eigenvalue weighted by Gasteiger charge is -2.18. The molecule has 0 saturated carbocycles. The second-order valence-electron chi connectivity index (χ2n) is 5.50. The molecule has 3 N–H and O–H groups in total. The maximum absolute atomic E-state index is 13.1. The first-order valence-electron chi connectivity index (χ1n) is 7.56. The summed E-state index contributed by atoms with van der Waals surface area (Å²) in [6.45, 7) is 1.69. The van der Waals surface area contributed by atoms with Crippen molar-refractivity contribution >= 4 is 17.5 Å². The third kappa shape index (κ3) is 5.17. The first-order valence-corrected chi connectivity index (χ1v) is 7.56. The monoisotopic (exact) mass is 330 g/mol. The van der Waals surface area contributed by atoms with Gasteiger partial charge in [0.2, 0.25) is 0 Å². The molecular formula is C18H19FN2O3. The van der Waals surface area contributed by atoms with E-state index in [1.54, 1.807) is 19.1 Å². The Hall–Kier alpha value is -2.73. The van der Waals surface area contributed by atoms with Gasteiger partial charge in [0.1, 0.15) is 5.82 Å². The second-order valence-corrected chi connectivity index (χ2v) is 5.50. The third-order valence-electron chi connectivity index (χ3n) is 3.43. The molecule has 24 heavy (non-hydrogen) atoms. The fraction of sp³-hybridized carbons (Fsp3) is 0.222. The van der Waals surface area contributed by atoms with E-state index in [4.69, 9.17) is 0 Å². The normalized spacial score (nSPS) is 13.0. The minimum Gasteiger partial charge on any atom is -0.388 e. The van der Waals surface area contributed by atoms with Gasteiger partial charge in [0.15, 0.2) is 0 Å². The van der Waals surface area contributed by atoms with Gasteiger partial charge in [-0.1, -0.05) is 36.4 Å². The van der Waals surface area contributed by atoms with E-state index < -0.39 is 29.8 Å². The number of rotatable bonds is 5. The van der Waals surface area contributed by atoms with E-state index in [2.05, 4.69) is 10.6 Å². The number of anilines is 1. The molecule has 5 nitrogen and oxygen atoms in total. The second kappa shape index (κ2) is 8.21. The highest BCUT2D eigenvalue weighted by atomic mass is 19.1. The molecule has 2 rings (SSSR count). The van der Waals surface area contributed by atoms with Crippen molar-refractivity contribution in [3.05, 3.63) is 66.0 Å². The number of amides is 2. The van der Waals surface area contributed by atoms with Crippen LogP contribution in [0.25, 0.3) is 0 Å². The molecule has 0 aliphatic carbocycles. The molecule has 126 valence electrons. The van der Waals surface area contributed by atoms with Crippen LogP contribution in [0.2, 0.25) is 0 Å². The van der Waals surface area contributed by atoms with Crippen molar-refractivity contribution in [1.29, 1.82) is 0 Å². The molecular weight excluding hydrogens is 311 g/mol. The number of hydrogen-bond acceptors (Lipinski definition) is 3. The maximum Gasteiger partial charge on any atom is 0.313 e. The SMILES string of the molecule is CC(CC(O)c1ccccc1)NC(=O)C(=O)Nc1cccc(F)c1. The van der Waals surface area contributed by atoms with Crippen molar-refractivity contribution in [2.45, 2.75) is 25.5 Å². The quantitative estimate of drug-likeness (QED) is 0.737. The van der Waals surface area contributed by atoms with Gasteiger partial charge in [-0.3, -0.25) is 9.59 Å². The molecule has 0 fully saturated rings. The van der Waals surface area contributed by atoms with Gasteiger partial charge in [-0.15, -0.1) is 0 Å². The molecule has 2 aromatic rings. The Morgan fingerprint density at radius 3 is 2.46 bits per heavy atom. The highest BCUT2D eigenvalue weighted by molar-refractivity contribution is 6.39. The summed E-state index contributed by atoms with van der Waals surface area (Å²) in [5, 5.41) is 14.9. The van der Waals surface area contributed by atoms with Crippen LogP contribution in [0, 0.1) is 5.82 Å². The summed E-state index contributed by atoms with van der Waals surface area (Å²) in [5.41, 5.74) is 0.940. The van der Waals surface area contributed by atoms with Crippen molar-refractivity contribution in [3.63, 3.8) is 0 Å². The van der Waals surface area contributed by atoms with Crippen LogP contribution in [-0.4, -0.2) is 23.0 Å². The Bertz CT molecular complexity index is 706. The van der Waals surface area contributed by atoms with E-state index in [0.29, 0.717) is 0 Å². The van der Waals surface area contributed by atoms with Crippen LogP contribution in [0.4, 0.5) is 10.1 Å². The molecule has 0 saturated heterocycles. The Kier molecular flexibility index (Phi) is 6.03. The topological polar surface area (TPSA) is 78.4 Å². The summed E-state index contributed by atoms with van der Waals surface area (Å²) >= 11 is 0. The zero-order valence-electron chi connectivity index (χ0n) is 13.2. The van der Waals surface area contributed by atoms with Crippen LogP contribution >= 0.6 is 0 Å². The summed E-state index contributed by atoms with van der Waals surface area (Å²) in [6.07, 6.45) is -0.476. The van der Waals surface area contributed by atoms with Crippen LogP contribution in [0.5, 0.6) is 0 Å². The van der Waals surface area contributed by atoms with E-state index >= 15 is 0 Å². The molecule has 0 heterocycles. The summed E-state index contributed by atoms with van der Waals surface area (Å²) in [4.78, 5) is 23.7. The van der Waals surface area contributed by atoms with Gasteiger partial charge >= 0.3 is 11.8 Å². The highest BCUT2D eigenvalue weighted by Crippen LogP contribution is 2.17. The zero-order chi connectivity index (χ0) is 17.5. The van der Waals surface area contributed by atoms with Gasteiger partial charge in [-0.05, 0) is 37.1 Å². The van der Waals surface area contributed by atoms with Gasteiger partial charge in [-0.2, -0.15) is 0 Å². The van der Waals surface area contributed by atoms with Crippen LogP contribution in [-0.2, 0) is 9.59 Å². The summed E-state index contributed by atoms with van der Waals surface area (Å²) in [5.74, 6) is -2.23. The first-order chi connectivity index (χ1) is 11.5. The van der Waals surface area contributed by atoms with E-state index in [0.717, 1.165) is 11.6 Å². The molecule has 0 bridgehead atoms. The van der Waals surface area contributed by atoms with E-state index in [1.165, 1.54) is 18.2 Å². The first kappa shape index (κ1) is 17.6. The van der Waals surface area contributed by atoms with E-state index in [-0.39, 0.29) is 12.1 Å². The molecule has 2 aromatic carbocycles. The smallest absolute Gasteiger partial charge is 0.313 e. The van der Waals surface area contributed by atoms with Crippen LogP contribution in [0.3, 0.4) is 0 Å². The van der Waals surface area contributed by atoms with Crippen molar-refractivity contribution in [3.8, 4) is 0 Å². The number of halogens is 1. The number of benzene rings is 2. The molecule has 0 aromatic heterocycles. The number of nitrogens with one attached hydrogen (secondary N) is 2. The van der Waals surface area contributed by atoms with Crippen molar-refractivity contribution in [2.75, 3.05) is 5.32 Å². The summed E-state index contributed by atoms with van der Waals surface area (Å²) in [7, 11) is 0. The average Bonchev–Trinajstić information content (AvgIpc) is 2.55. The van der Waals surface area contributed by atoms with Gasteiger partial charge in [0, 0.05) is 11.7 Å². The number of hydrogen-bond donors (Lipinski definition) is 3. The average molecular weight is 330 g/mol. The number of aliphatic hydroxyl groups is 1. The molecule has 0 aliphatic rings. The molecule has 2 amide bonds. The molecule has 2 unspecified atom stereocenters. The summed E-state index contributed by atoms with van der Waals surface area (Å²) < 4.78 is 13.1. The standard InChI is InChI=1S/C18H19FN2O3/c1-12(10-16(22)13-6-3-2-4-7-13)20-17(23)18(24)21-15-9-5-8-14(19)11-15/h2-9,11-12,16,22H,10H2,1H3,(H,20,23)(H,21,24). The van der Waals surface area contributed by atoms with Gasteiger partial charge < -0.3 is 15.7 Å². The molecule has 6 heteroatoms. The molecule has 0 aliphatic heterocycles. The zero-order valence-corrected chi connectivity index (χ0v) is 13.2. The van der Waals surface area contributed by atoms with Crippen molar-refractivity contribution in [2.24, 2.45) is 0 Å². The van der Waals surface area contributed by atoms with Crippen molar-refractivity contribution in [1.82, 2.24) is 5.32 Å². The van der Waals surface area contributed by atoms with Gasteiger partial charge in [0.25, 0.3) is 0 Å². The van der Waals surface area contributed by atoms with E-state index in [9.17, 15) is 19.1 Å². The van der Waals surface area contributed by atoms with Crippen LogP contribution in [0.1, 0.15) is 25.0 Å². The van der Waals surface area contributed by atoms with Gasteiger partial charge in [0.05, 0.1) is 6.10 Å². The Labute approximate surface area is 139 Å². The lowest BCUT2D eigenvalue weighted by molar-refractivity contribution is -0.136. The molecule has 2 atom stereocenters. The Morgan fingerprint density at radius 1 is 1.08 bits per heavy atom. The Morgan fingerprint density at radius 2 is 1.79 bits per heavy atom. The van der Waals surface area contributed by atoms with E-state index in [1.807, 2.05) is 18.2 Å². The minimum absolute atomic E-state index is 0.201. The predicted octanol–water partition coefficient (Wildman–Crippen LogP) is 2.39. The lowest BCUT2D eigenvalue weighted by Crippen LogP contribution is -2.41. The largest absolute Gasteiger partial charge is 0.388 e. The Balaban J connectivity index is 1.85. The fourth-order valence-corrected chi connectivity index (χ4v) is 2.25. The van der Waals surface area contributed by atoms with Crippen molar-refractivity contribution < 1.29 is 19.1 Å².